The van der Waals surface area contributed by atoms with Gasteiger partial charge in [0.25, 0.3) is 5.91 Å². The summed E-state index contributed by atoms with van der Waals surface area (Å²) in [7, 11) is 0. The summed E-state index contributed by atoms with van der Waals surface area (Å²) in [5.41, 5.74) is 2.09. The van der Waals surface area contributed by atoms with Crippen molar-refractivity contribution < 1.29 is 19.1 Å². The minimum atomic E-state index is -1.13. The van der Waals surface area contributed by atoms with Crippen LogP contribution in [0.5, 0.6) is 0 Å². The Balaban J connectivity index is 1.89. The number of carboxylic acid groups (broad SMARTS) is 1. The molecule has 0 saturated carbocycles. The molecule has 0 aliphatic heterocycles. The number of aliphatic carboxylic acids is 1. The quantitative estimate of drug-likeness (QED) is 0.643. The molecular formula is C17H15FN4O3S. The van der Waals surface area contributed by atoms with E-state index in [9.17, 15) is 14.0 Å². The first kappa shape index (κ1) is 17.9. The SMILES string of the molecule is Cc1cc(SCc2cccc(F)c2)n2ncnc2c1C(=O)NCC(=O)O. The molecule has 3 rings (SSSR count). The number of aromatic nitrogens is 3. The van der Waals surface area contributed by atoms with Gasteiger partial charge < -0.3 is 10.4 Å². The molecule has 2 N–H and O–H groups in total. The molecule has 26 heavy (non-hydrogen) atoms. The molecular weight excluding hydrogens is 359 g/mol. The van der Waals surface area contributed by atoms with Crippen LogP contribution in [0.15, 0.2) is 41.7 Å². The van der Waals surface area contributed by atoms with Crippen LogP contribution in [0.3, 0.4) is 0 Å². The summed E-state index contributed by atoms with van der Waals surface area (Å²) < 4.78 is 14.8. The van der Waals surface area contributed by atoms with E-state index in [1.165, 1.54) is 34.7 Å². The van der Waals surface area contributed by atoms with Crippen LogP contribution in [0.2, 0.25) is 0 Å². The third-order valence-corrected chi connectivity index (χ3v) is 4.68. The number of carboxylic acids is 1. The molecule has 0 atom stereocenters. The average Bonchev–Trinajstić information content (AvgIpc) is 3.07. The van der Waals surface area contributed by atoms with Crippen molar-refractivity contribution in [1.82, 2.24) is 19.9 Å². The van der Waals surface area contributed by atoms with E-state index in [0.717, 1.165) is 10.6 Å². The highest BCUT2D eigenvalue weighted by Gasteiger charge is 2.19. The number of rotatable bonds is 6. The number of nitrogens with one attached hydrogen (secondary N) is 1. The Kier molecular flexibility index (Phi) is 5.17. The second kappa shape index (κ2) is 7.52. The normalized spacial score (nSPS) is 10.8. The topological polar surface area (TPSA) is 96.6 Å². The van der Waals surface area contributed by atoms with E-state index in [0.29, 0.717) is 17.0 Å². The molecule has 7 nitrogen and oxygen atoms in total. The van der Waals surface area contributed by atoms with Crippen molar-refractivity contribution in [3.05, 3.63) is 59.2 Å². The maximum absolute atomic E-state index is 13.3. The Morgan fingerprint density at radius 2 is 2.15 bits per heavy atom. The third kappa shape index (κ3) is 3.83. The summed E-state index contributed by atoms with van der Waals surface area (Å²) in [4.78, 5) is 27.1. The summed E-state index contributed by atoms with van der Waals surface area (Å²) in [6.45, 7) is 1.27. The Labute approximate surface area is 152 Å². The zero-order valence-corrected chi connectivity index (χ0v) is 14.6. The molecule has 0 bridgehead atoms. The van der Waals surface area contributed by atoms with Gasteiger partial charge in [-0.25, -0.2) is 13.9 Å². The van der Waals surface area contributed by atoms with Crippen LogP contribution in [-0.2, 0) is 10.5 Å². The Morgan fingerprint density at radius 1 is 1.35 bits per heavy atom. The summed E-state index contributed by atoms with van der Waals surface area (Å²) in [5.74, 6) is -1.42. The van der Waals surface area contributed by atoms with E-state index in [-0.39, 0.29) is 11.4 Å². The maximum Gasteiger partial charge on any atom is 0.322 e. The number of aryl methyl sites for hydroxylation is 1. The molecule has 134 valence electrons. The fourth-order valence-electron chi connectivity index (χ4n) is 2.48. The minimum Gasteiger partial charge on any atom is -0.480 e. The second-order valence-corrected chi connectivity index (χ2v) is 6.53. The van der Waals surface area contributed by atoms with Crippen molar-refractivity contribution in [3.8, 4) is 0 Å². The molecule has 2 aromatic heterocycles. The van der Waals surface area contributed by atoms with E-state index in [4.69, 9.17) is 5.11 Å². The van der Waals surface area contributed by atoms with E-state index >= 15 is 0 Å². The smallest absolute Gasteiger partial charge is 0.322 e. The number of amides is 1. The molecule has 1 aromatic carbocycles. The van der Waals surface area contributed by atoms with Crippen LogP contribution in [0, 0.1) is 12.7 Å². The summed E-state index contributed by atoms with van der Waals surface area (Å²) >= 11 is 1.44. The van der Waals surface area contributed by atoms with Gasteiger partial charge >= 0.3 is 5.97 Å². The minimum absolute atomic E-state index is 0.277. The van der Waals surface area contributed by atoms with Crippen molar-refractivity contribution in [2.45, 2.75) is 17.7 Å². The van der Waals surface area contributed by atoms with E-state index in [2.05, 4.69) is 15.4 Å². The largest absolute Gasteiger partial charge is 0.480 e. The molecule has 0 unspecified atom stereocenters. The van der Waals surface area contributed by atoms with Gasteiger partial charge in [-0.1, -0.05) is 12.1 Å². The Morgan fingerprint density at radius 3 is 2.88 bits per heavy atom. The van der Waals surface area contributed by atoms with Crippen LogP contribution in [0.25, 0.3) is 5.65 Å². The average molecular weight is 374 g/mol. The summed E-state index contributed by atoms with van der Waals surface area (Å²) in [6.07, 6.45) is 1.33. The number of nitrogens with zero attached hydrogens (tertiary/aromatic N) is 3. The monoisotopic (exact) mass is 374 g/mol. The van der Waals surface area contributed by atoms with Gasteiger partial charge in [-0.05, 0) is 36.2 Å². The van der Waals surface area contributed by atoms with Crippen LogP contribution >= 0.6 is 11.8 Å². The number of hydrogen-bond donors (Lipinski definition) is 2. The lowest BCUT2D eigenvalue weighted by Crippen LogP contribution is -2.30. The summed E-state index contributed by atoms with van der Waals surface area (Å²) in [6, 6.07) is 8.11. The molecule has 0 fully saturated rings. The van der Waals surface area contributed by atoms with Crippen LogP contribution in [0.1, 0.15) is 21.5 Å². The molecule has 0 aliphatic rings. The van der Waals surface area contributed by atoms with Crippen molar-refractivity contribution in [1.29, 1.82) is 0 Å². The van der Waals surface area contributed by atoms with E-state index in [1.807, 2.05) is 6.07 Å². The molecule has 0 radical (unpaired) electrons. The molecule has 0 saturated heterocycles. The Bertz CT molecular complexity index is 989. The number of carbonyl (C=O) groups excluding carboxylic acids is 1. The lowest BCUT2D eigenvalue weighted by Gasteiger charge is -2.11. The highest BCUT2D eigenvalue weighted by Crippen LogP contribution is 2.27. The standard InChI is InChI=1S/C17H15FN4O3S/c1-10-5-13(26-8-11-3-2-4-12(18)6-11)22-16(20-9-21-22)15(10)17(25)19-7-14(23)24/h2-6,9H,7-8H2,1H3,(H,19,25)(H,23,24). The molecule has 0 spiro atoms. The first-order chi connectivity index (χ1) is 12.5. The zero-order chi connectivity index (χ0) is 18.7. The first-order valence-corrected chi connectivity index (χ1v) is 8.65. The molecule has 3 aromatic rings. The van der Waals surface area contributed by atoms with Crippen molar-refractivity contribution in [3.63, 3.8) is 0 Å². The van der Waals surface area contributed by atoms with Gasteiger partial charge in [0.05, 0.1) is 5.56 Å². The van der Waals surface area contributed by atoms with E-state index < -0.39 is 18.4 Å². The number of hydrogen-bond acceptors (Lipinski definition) is 5. The summed E-state index contributed by atoms with van der Waals surface area (Å²) in [5, 5.41) is 15.9. The highest BCUT2D eigenvalue weighted by atomic mass is 32.2. The fraction of sp³-hybridized carbons (Fsp3) is 0.176. The lowest BCUT2D eigenvalue weighted by atomic mass is 10.1. The Hall–Kier alpha value is -2.94. The molecule has 1 amide bonds. The van der Waals surface area contributed by atoms with Gasteiger partial charge in [0.2, 0.25) is 0 Å². The number of carbonyl (C=O) groups is 2. The van der Waals surface area contributed by atoms with Crippen LogP contribution in [-0.4, -0.2) is 38.1 Å². The number of fused-ring (bicyclic) bond motifs is 1. The maximum atomic E-state index is 13.3. The first-order valence-electron chi connectivity index (χ1n) is 7.66. The van der Waals surface area contributed by atoms with Crippen molar-refractivity contribution in [2.75, 3.05) is 6.54 Å². The molecule has 0 aliphatic carbocycles. The fourth-order valence-corrected chi connectivity index (χ4v) is 3.49. The van der Waals surface area contributed by atoms with Gasteiger partial charge in [0.1, 0.15) is 23.7 Å². The number of benzene rings is 1. The van der Waals surface area contributed by atoms with Gasteiger partial charge in [0.15, 0.2) is 5.65 Å². The zero-order valence-electron chi connectivity index (χ0n) is 13.8. The number of halogens is 1. The van der Waals surface area contributed by atoms with Gasteiger partial charge in [-0.15, -0.1) is 11.8 Å². The molecule has 9 heteroatoms. The second-order valence-electron chi connectivity index (χ2n) is 5.53. The number of thioether (sulfide) groups is 1. The lowest BCUT2D eigenvalue weighted by molar-refractivity contribution is -0.135. The van der Waals surface area contributed by atoms with Gasteiger partial charge in [0, 0.05) is 5.75 Å². The predicted octanol–water partition coefficient (Wildman–Crippen LogP) is 2.28. The van der Waals surface area contributed by atoms with Crippen LogP contribution in [0.4, 0.5) is 4.39 Å². The van der Waals surface area contributed by atoms with Gasteiger partial charge in [-0.3, -0.25) is 9.59 Å². The van der Waals surface area contributed by atoms with Crippen molar-refractivity contribution in [2.24, 2.45) is 0 Å². The number of pyridine rings is 1. The molecule has 2 heterocycles. The van der Waals surface area contributed by atoms with Gasteiger partial charge in [-0.2, -0.15) is 5.10 Å². The van der Waals surface area contributed by atoms with Crippen LogP contribution < -0.4 is 5.32 Å². The third-order valence-electron chi connectivity index (χ3n) is 3.62. The predicted molar refractivity (Wildman–Crippen MR) is 93.7 cm³/mol. The van der Waals surface area contributed by atoms with E-state index in [1.54, 1.807) is 19.1 Å². The van der Waals surface area contributed by atoms with Crippen molar-refractivity contribution >= 4 is 29.3 Å². The highest BCUT2D eigenvalue weighted by molar-refractivity contribution is 7.98.